The first-order valence-corrected chi connectivity index (χ1v) is 8.44. The van der Waals surface area contributed by atoms with Crippen LogP contribution in [-0.4, -0.2) is 17.7 Å². The summed E-state index contributed by atoms with van der Waals surface area (Å²) in [6, 6.07) is 0. The third kappa shape index (κ3) is 1.70. The first-order chi connectivity index (χ1) is 8.98. The smallest absolute Gasteiger partial charge is 0.274 e. The standard InChI is InChI=1S/C16H24O3S/c1-12-10-11-15(4,20(17,18)19)16(5,14(12,2)3)13-8-6-7-9-13/h6-13H,1-5H3,(H,17,18,19). The largest absolute Gasteiger partial charge is 0.285 e. The van der Waals surface area contributed by atoms with Gasteiger partial charge in [-0.1, -0.05) is 64.2 Å². The van der Waals surface area contributed by atoms with E-state index in [2.05, 4.69) is 20.8 Å². The summed E-state index contributed by atoms with van der Waals surface area (Å²) in [5.74, 6) is 0.210. The van der Waals surface area contributed by atoms with Gasteiger partial charge in [-0.25, -0.2) is 0 Å². The van der Waals surface area contributed by atoms with Crippen LogP contribution in [0.2, 0.25) is 0 Å². The van der Waals surface area contributed by atoms with Gasteiger partial charge in [-0.2, -0.15) is 8.42 Å². The maximum Gasteiger partial charge on any atom is 0.274 e. The quantitative estimate of drug-likeness (QED) is 0.625. The van der Waals surface area contributed by atoms with Crippen LogP contribution in [0, 0.1) is 22.7 Å². The van der Waals surface area contributed by atoms with Crippen molar-refractivity contribution in [3.05, 3.63) is 36.5 Å². The maximum atomic E-state index is 12.1. The Morgan fingerprint density at radius 1 is 1.00 bits per heavy atom. The Morgan fingerprint density at radius 3 is 1.95 bits per heavy atom. The van der Waals surface area contributed by atoms with Crippen LogP contribution < -0.4 is 0 Å². The van der Waals surface area contributed by atoms with Gasteiger partial charge in [0.25, 0.3) is 10.1 Å². The van der Waals surface area contributed by atoms with Gasteiger partial charge in [0.1, 0.15) is 4.75 Å². The second-order valence-corrected chi connectivity index (χ2v) is 8.75. The van der Waals surface area contributed by atoms with E-state index in [-0.39, 0.29) is 17.3 Å². The van der Waals surface area contributed by atoms with Crippen molar-refractivity contribution in [2.45, 2.75) is 39.4 Å². The molecule has 1 N–H and O–H groups in total. The van der Waals surface area contributed by atoms with Gasteiger partial charge in [0.15, 0.2) is 0 Å². The number of allylic oxidation sites excluding steroid dienone is 5. The molecule has 3 unspecified atom stereocenters. The fourth-order valence-electron chi connectivity index (χ4n) is 3.79. The highest BCUT2D eigenvalue weighted by Gasteiger charge is 2.64. The molecule has 2 aliphatic carbocycles. The van der Waals surface area contributed by atoms with E-state index in [0.717, 1.165) is 0 Å². The molecule has 3 atom stereocenters. The van der Waals surface area contributed by atoms with E-state index in [9.17, 15) is 13.0 Å². The Kier molecular flexibility index (Phi) is 3.34. The SMILES string of the molecule is CC1C=CC(C)(S(=O)(=O)O)C(C)(C2C=CC=C2)C1(C)C. The van der Waals surface area contributed by atoms with Gasteiger partial charge in [0.2, 0.25) is 0 Å². The van der Waals surface area contributed by atoms with Crippen molar-refractivity contribution in [1.82, 2.24) is 0 Å². The molecule has 4 heteroatoms. The summed E-state index contributed by atoms with van der Waals surface area (Å²) in [7, 11) is -4.22. The van der Waals surface area contributed by atoms with Crippen molar-refractivity contribution in [1.29, 1.82) is 0 Å². The summed E-state index contributed by atoms with van der Waals surface area (Å²) in [6.45, 7) is 9.88. The normalized spacial score (nSPS) is 40.4. The molecule has 0 heterocycles. The molecule has 0 amide bonds. The van der Waals surface area contributed by atoms with Gasteiger partial charge >= 0.3 is 0 Å². The highest BCUT2D eigenvalue weighted by Crippen LogP contribution is 2.62. The summed E-state index contributed by atoms with van der Waals surface area (Å²) in [4.78, 5) is 0. The molecular weight excluding hydrogens is 272 g/mol. The molecule has 0 aromatic rings. The van der Waals surface area contributed by atoms with E-state index in [4.69, 9.17) is 0 Å². The van der Waals surface area contributed by atoms with Crippen LogP contribution in [0.15, 0.2) is 36.5 Å². The molecule has 112 valence electrons. The van der Waals surface area contributed by atoms with Crippen molar-refractivity contribution in [3.8, 4) is 0 Å². The van der Waals surface area contributed by atoms with Gasteiger partial charge in [-0.3, -0.25) is 4.55 Å². The van der Waals surface area contributed by atoms with Crippen LogP contribution in [0.25, 0.3) is 0 Å². The van der Waals surface area contributed by atoms with Crippen molar-refractivity contribution < 1.29 is 13.0 Å². The zero-order valence-electron chi connectivity index (χ0n) is 12.8. The Hall–Kier alpha value is -0.870. The average Bonchev–Trinajstić information content (AvgIpc) is 2.84. The summed E-state index contributed by atoms with van der Waals surface area (Å²) < 4.78 is 32.8. The number of hydrogen-bond donors (Lipinski definition) is 1. The zero-order valence-corrected chi connectivity index (χ0v) is 13.6. The maximum absolute atomic E-state index is 12.1. The monoisotopic (exact) mass is 296 g/mol. The van der Waals surface area contributed by atoms with E-state index < -0.39 is 20.3 Å². The third-order valence-electron chi connectivity index (χ3n) is 6.16. The lowest BCUT2D eigenvalue weighted by atomic mass is 9.48. The first kappa shape index (κ1) is 15.5. The Bertz CT molecular complexity index is 585. The molecule has 2 rings (SSSR count). The van der Waals surface area contributed by atoms with Crippen molar-refractivity contribution in [2.24, 2.45) is 22.7 Å². The number of hydrogen-bond acceptors (Lipinski definition) is 2. The lowest BCUT2D eigenvalue weighted by molar-refractivity contribution is -0.00888. The third-order valence-corrected chi connectivity index (χ3v) is 7.79. The van der Waals surface area contributed by atoms with E-state index in [1.807, 2.05) is 37.3 Å². The summed E-state index contributed by atoms with van der Waals surface area (Å²) in [5, 5.41) is 0. The predicted octanol–water partition coefficient (Wildman–Crippen LogP) is 3.61. The summed E-state index contributed by atoms with van der Waals surface area (Å²) in [5.41, 5.74) is -0.915. The summed E-state index contributed by atoms with van der Waals surface area (Å²) in [6.07, 6.45) is 11.5. The van der Waals surface area contributed by atoms with Crippen molar-refractivity contribution in [3.63, 3.8) is 0 Å². The van der Waals surface area contributed by atoms with Crippen LogP contribution in [0.3, 0.4) is 0 Å². The van der Waals surface area contributed by atoms with E-state index in [1.165, 1.54) is 0 Å². The zero-order chi connectivity index (χ0) is 15.4. The number of rotatable bonds is 2. The van der Waals surface area contributed by atoms with Gasteiger partial charge in [0.05, 0.1) is 0 Å². The molecule has 2 aliphatic rings. The first-order valence-electron chi connectivity index (χ1n) is 7.00. The molecule has 20 heavy (non-hydrogen) atoms. The van der Waals surface area contributed by atoms with Gasteiger partial charge < -0.3 is 0 Å². The molecule has 0 aliphatic heterocycles. The van der Waals surface area contributed by atoms with Crippen LogP contribution >= 0.6 is 0 Å². The molecule has 0 saturated carbocycles. The predicted molar refractivity (Wildman–Crippen MR) is 81.9 cm³/mol. The average molecular weight is 296 g/mol. The fraction of sp³-hybridized carbons (Fsp3) is 0.625. The summed E-state index contributed by atoms with van der Waals surface area (Å²) >= 11 is 0. The van der Waals surface area contributed by atoms with Crippen LogP contribution in [0.4, 0.5) is 0 Å². The van der Waals surface area contributed by atoms with Crippen molar-refractivity contribution in [2.75, 3.05) is 0 Å². The Labute approximate surface area is 122 Å². The Morgan fingerprint density at radius 2 is 1.50 bits per heavy atom. The van der Waals surface area contributed by atoms with E-state index >= 15 is 0 Å². The fourth-order valence-corrected chi connectivity index (χ4v) is 4.97. The molecule has 0 aromatic carbocycles. The van der Waals surface area contributed by atoms with Gasteiger partial charge in [-0.15, -0.1) is 0 Å². The van der Waals surface area contributed by atoms with E-state index in [0.29, 0.717) is 0 Å². The second-order valence-electron chi connectivity index (χ2n) is 6.95. The molecule has 3 nitrogen and oxygen atoms in total. The Balaban J connectivity index is 2.77. The van der Waals surface area contributed by atoms with Gasteiger partial charge in [-0.05, 0) is 18.3 Å². The lowest BCUT2D eigenvalue weighted by Crippen LogP contribution is -2.62. The van der Waals surface area contributed by atoms with Crippen molar-refractivity contribution >= 4 is 10.1 Å². The molecule has 0 aromatic heterocycles. The topological polar surface area (TPSA) is 54.4 Å². The molecule has 0 radical (unpaired) electrons. The van der Waals surface area contributed by atoms with Gasteiger partial charge in [0, 0.05) is 11.3 Å². The molecule has 0 saturated heterocycles. The van der Waals surface area contributed by atoms with E-state index in [1.54, 1.807) is 13.0 Å². The minimum absolute atomic E-state index is 0.0168. The second kappa shape index (κ2) is 4.31. The highest BCUT2D eigenvalue weighted by molar-refractivity contribution is 7.87. The van der Waals surface area contributed by atoms with Crippen LogP contribution in [0.1, 0.15) is 34.6 Å². The molecular formula is C16H24O3S. The highest BCUT2D eigenvalue weighted by atomic mass is 32.2. The minimum atomic E-state index is -4.22. The van der Waals surface area contributed by atoms with Crippen LogP contribution in [-0.2, 0) is 10.1 Å². The molecule has 0 spiro atoms. The lowest BCUT2D eigenvalue weighted by Gasteiger charge is -2.59. The minimum Gasteiger partial charge on any atom is -0.285 e. The van der Waals surface area contributed by atoms with Crippen LogP contribution in [0.5, 0.6) is 0 Å². The molecule has 0 bridgehead atoms. The molecule has 0 fully saturated rings.